The predicted molar refractivity (Wildman–Crippen MR) is 111 cm³/mol. The number of ether oxygens (including phenoxy) is 1. The zero-order chi connectivity index (χ0) is 21.1. The summed E-state index contributed by atoms with van der Waals surface area (Å²) >= 11 is 5.91. The maximum atomic E-state index is 12.6. The number of anilines is 1. The third-order valence-electron chi connectivity index (χ3n) is 4.49. The first kappa shape index (κ1) is 19.7. The van der Waals surface area contributed by atoms with Crippen LogP contribution >= 0.6 is 11.6 Å². The van der Waals surface area contributed by atoms with Crippen LogP contribution in [-0.4, -0.2) is 36.1 Å². The van der Waals surface area contributed by atoms with Crippen molar-refractivity contribution in [2.75, 3.05) is 5.73 Å². The highest BCUT2D eigenvalue weighted by molar-refractivity contribution is 6.30. The van der Waals surface area contributed by atoms with Crippen LogP contribution in [0.4, 0.5) is 5.82 Å². The zero-order valence-corrected chi connectivity index (χ0v) is 16.8. The largest absolute Gasteiger partial charge is 0.456 e. The molecule has 1 atom stereocenters. The van der Waals surface area contributed by atoms with E-state index in [9.17, 15) is 4.79 Å². The van der Waals surface area contributed by atoms with Gasteiger partial charge in [0.2, 0.25) is 5.82 Å². The minimum absolute atomic E-state index is 0.108. The number of nitrogens with two attached hydrogens (primary N) is 1. The lowest BCUT2D eigenvalue weighted by molar-refractivity contribution is -0.150. The maximum Gasteiger partial charge on any atom is 0.333 e. The standard InChI is InChI=1S/C20H18ClN7O2/c1-2-16(28-26-19(25-27-28)12-7-9-13(21)10-8-12)20(29)30-11-17-23-15-6-4-3-5-14(15)18(22)24-17/h3-10,16H,2,11H2,1H3,(H2,22,23,24). The second kappa shape index (κ2) is 8.42. The number of hydrogen-bond donors (Lipinski definition) is 1. The Kier molecular flexibility index (Phi) is 5.53. The van der Waals surface area contributed by atoms with Crippen molar-refractivity contribution in [3.63, 3.8) is 0 Å². The molecule has 0 radical (unpaired) electrons. The minimum atomic E-state index is -0.726. The number of para-hydroxylation sites is 1. The Morgan fingerprint density at radius 3 is 2.70 bits per heavy atom. The Morgan fingerprint density at radius 1 is 1.17 bits per heavy atom. The van der Waals surface area contributed by atoms with E-state index in [0.29, 0.717) is 34.4 Å². The number of esters is 1. The quantitative estimate of drug-likeness (QED) is 0.469. The van der Waals surface area contributed by atoms with Gasteiger partial charge in [0.1, 0.15) is 5.82 Å². The molecule has 0 aliphatic rings. The Balaban J connectivity index is 1.48. The lowest BCUT2D eigenvalue weighted by atomic mass is 10.2. The molecule has 30 heavy (non-hydrogen) atoms. The highest BCUT2D eigenvalue weighted by Gasteiger charge is 2.24. The number of carbonyl (C=O) groups excluding carboxylic acids is 1. The number of halogens is 1. The molecule has 0 fully saturated rings. The number of benzene rings is 2. The number of nitrogens with zero attached hydrogens (tertiary/aromatic N) is 6. The van der Waals surface area contributed by atoms with Crippen molar-refractivity contribution in [3.05, 3.63) is 59.4 Å². The van der Waals surface area contributed by atoms with Crippen molar-refractivity contribution < 1.29 is 9.53 Å². The van der Waals surface area contributed by atoms with Gasteiger partial charge in [-0.3, -0.25) is 0 Å². The Hall–Kier alpha value is -3.59. The van der Waals surface area contributed by atoms with Gasteiger partial charge in [0.15, 0.2) is 18.5 Å². The minimum Gasteiger partial charge on any atom is -0.456 e. The van der Waals surface area contributed by atoms with Gasteiger partial charge in [-0.2, -0.15) is 0 Å². The normalized spacial score (nSPS) is 12.1. The molecule has 2 aromatic heterocycles. The van der Waals surface area contributed by atoms with Gasteiger partial charge in [0.25, 0.3) is 0 Å². The first-order valence-corrected chi connectivity index (χ1v) is 9.66. The summed E-state index contributed by atoms with van der Waals surface area (Å²) in [5, 5.41) is 13.7. The summed E-state index contributed by atoms with van der Waals surface area (Å²) in [5.74, 6) is 0.545. The fourth-order valence-electron chi connectivity index (χ4n) is 2.94. The first-order valence-electron chi connectivity index (χ1n) is 9.28. The summed E-state index contributed by atoms with van der Waals surface area (Å²) in [7, 11) is 0. The summed E-state index contributed by atoms with van der Waals surface area (Å²) in [6.07, 6.45) is 0.427. The van der Waals surface area contributed by atoms with E-state index < -0.39 is 12.0 Å². The van der Waals surface area contributed by atoms with Gasteiger partial charge in [0, 0.05) is 16.0 Å². The number of hydrogen-bond acceptors (Lipinski definition) is 8. The molecule has 2 aromatic carbocycles. The third-order valence-corrected chi connectivity index (χ3v) is 4.74. The zero-order valence-electron chi connectivity index (χ0n) is 16.1. The highest BCUT2D eigenvalue weighted by atomic mass is 35.5. The SMILES string of the molecule is CCC(C(=O)OCc1nc(N)c2ccccc2n1)n1nnc(-c2ccc(Cl)cc2)n1. The van der Waals surface area contributed by atoms with E-state index in [1.54, 1.807) is 24.3 Å². The lowest BCUT2D eigenvalue weighted by Crippen LogP contribution is -2.24. The third kappa shape index (κ3) is 4.06. The van der Waals surface area contributed by atoms with E-state index in [1.165, 1.54) is 4.80 Å². The van der Waals surface area contributed by atoms with Crippen molar-refractivity contribution in [1.29, 1.82) is 0 Å². The second-order valence-corrected chi connectivity index (χ2v) is 6.95. The number of nitrogen functional groups attached to an aromatic ring is 1. The van der Waals surface area contributed by atoms with Gasteiger partial charge in [0.05, 0.1) is 5.52 Å². The van der Waals surface area contributed by atoms with Gasteiger partial charge in [-0.25, -0.2) is 14.8 Å². The summed E-state index contributed by atoms with van der Waals surface area (Å²) in [6, 6.07) is 13.7. The number of fused-ring (bicyclic) bond motifs is 1. The molecule has 0 bridgehead atoms. The van der Waals surface area contributed by atoms with Gasteiger partial charge in [-0.1, -0.05) is 30.7 Å². The molecule has 0 saturated carbocycles. The van der Waals surface area contributed by atoms with Crippen LogP contribution in [0.25, 0.3) is 22.3 Å². The second-order valence-electron chi connectivity index (χ2n) is 6.51. The fraction of sp³-hybridized carbons (Fsp3) is 0.200. The smallest absolute Gasteiger partial charge is 0.333 e. The highest BCUT2D eigenvalue weighted by Crippen LogP contribution is 2.20. The molecule has 4 aromatic rings. The molecule has 2 heterocycles. The molecule has 1 unspecified atom stereocenters. The molecular formula is C20H18ClN7O2. The van der Waals surface area contributed by atoms with Crippen LogP contribution in [0, 0.1) is 0 Å². The van der Waals surface area contributed by atoms with Gasteiger partial charge < -0.3 is 10.5 Å². The van der Waals surface area contributed by atoms with Gasteiger partial charge in [-0.05, 0) is 48.0 Å². The molecular weight excluding hydrogens is 406 g/mol. The van der Waals surface area contributed by atoms with Crippen LogP contribution in [0.2, 0.25) is 5.02 Å². The predicted octanol–water partition coefficient (Wildman–Crippen LogP) is 3.21. The average molecular weight is 424 g/mol. The van der Waals surface area contributed by atoms with Crippen LogP contribution in [-0.2, 0) is 16.1 Å². The van der Waals surface area contributed by atoms with Crippen LogP contribution in [0.1, 0.15) is 25.2 Å². The van der Waals surface area contributed by atoms with Crippen LogP contribution in [0.3, 0.4) is 0 Å². The Bertz CT molecular complexity index is 1190. The molecule has 9 nitrogen and oxygen atoms in total. The maximum absolute atomic E-state index is 12.6. The van der Waals surface area contributed by atoms with Crippen LogP contribution < -0.4 is 5.73 Å². The monoisotopic (exact) mass is 423 g/mol. The summed E-state index contributed by atoms with van der Waals surface area (Å²) in [6.45, 7) is 1.73. The fourth-order valence-corrected chi connectivity index (χ4v) is 3.07. The van der Waals surface area contributed by atoms with E-state index in [0.717, 1.165) is 10.9 Å². The van der Waals surface area contributed by atoms with Crippen molar-refractivity contribution in [2.24, 2.45) is 0 Å². The summed E-state index contributed by atoms with van der Waals surface area (Å²) in [5.41, 5.74) is 7.41. The van der Waals surface area contributed by atoms with E-state index in [4.69, 9.17) is 22.1 Å². The first-order chi connectivity index (χ1) is 14.5. The lowest BCUT2D eigenvalue weighted by Gasteiger charge is -2.12. The molecule has 0 amide bonds. The van der Waals surface area contributed by atoms with Gasteiger partial charge in [-0.15, -0.1) is 15.0 Å². The molecule has 152 valence electrons. The summed E-state index contributed by atoms with van der Waals surface area (Å²) in [4.78, 5) is 22.5. The van der Waals surface area contributed by atoms with Crippen molar-refractivity contribution in [3.8, 4) is 11.4 Å². The molecule has 10 heteroatoms. The molecule has 4 rings (SSSR count). The van der Waals surface area contributed by atoms with Crippen molar-refractivity contribution >= 4 is 34.3 Å². The van der Waals surface area contributed by atoms with E-state index in [1.807, 2.05) is 31.2 Å². The van der Waals surface area contributed by atoms with Crippen molar-refractivity contribution in [2.45, 2.75) is 26.0 Å². The Morgan fingerprint density at radius 2 is 1.93 bits per heavy atom. The molecule has 0 saturated heterocycles. The van der Waals surface area contributed by atoms with E-state index in [-0.39, 0.29) is 6.61 Å². The molecule has 2 N–H and O–H groups in total. The van der Waals surface area contributed by atoms with E-state index in [2.05, 4.69) is 25.4 Å². The number of rotatable bonds is 6. The van der Waals surface area contributed by atoms with E-state index >= 15 is 0 Å². The molecule has 0 aliphatic heterocycles. The van der Waals surface area contributed by atoms with Crippen LogP contribution in [0.5, 0.6) is 0 Å². The van der Waals surface area contributed by atoms with Crippen molar-refractivity contribution in [1.82, 2.24) is 30.2 Å². The molecule has 0 spiro atoms. The topological polar surface area (TPSA) is 122 Å². The summed E-state index contributed by atoms with van der Waals surface area (Å²) < 4.78 is 5.40. The van der Waals surface area contributed by atoms with Gasteiger partial charge >= 0.3 is 5.97 Å². The average Bonchev–Trinajstić information content (AvgIpc) is 3.23. The number of carbonyl (C=O) groups is 1. The Labute approximate surface area is 176 Å². The number of aromatic nitrogens is 6. The number of tetrazole rings is 1. The molecule has 0 aliphatic carbocycles. The van der Waals surface area contributed by atoms with Crippen LogP contribution in [0.15, 0.2) is 48.5 Å².